The molecular weight excluding hydrogens is 296 g/mol. The summed E-state index contributed by atoms with van der Waals surface area (Å²) in [4.78, 5) is 37.5. The van der Waals surface area contributed by atoms with Gasteiger partial charge in [-0.25, -0.2) is 0 Å². The zero-order valence-electron chi connectivity index (χ0n) is 13.3. The fourth-order valence-electron chi connectivity index (χ4n) is 2.70. The Hall–Kier alpha value is -2.37. The minimum Gasteiger partial charge on any atom is -0.465 e. The van der Waals surface area contributed by atoms with Gasteiger partial charge in [0.15, 0.2) is 0 Å². The molecule has 0 unspecified atom stereocenters. The predicted octanol–water partition coefficient (Wildman–Crippen LogP) is 0.899. The number of hydrogen-bond donors (Lipinski definition) is 1. The molecule has 0 aromatic heterocycles. The van der Waals surface area contributed by atoms with Crippen LogP contribution in [0.2, 0.25) is 0 Å². The first-order valence-electron chi connectivity index (χ1n) is 7.88. The van der Waals surface area contributed by atoms with Crippen LogP contribution in [0, 0.1) is 0 Å². The van der Waals surface area contributed by atoms with Crippen LogP contribution in [-0.4, -0.2) is 48.4 Å². The molecule has 1 heterocycles. The number of likely N-dealkylation sites (tertiary alicyclic amines) is 1. The van der Waals surface area contributed by atoms with Gasteiger partial charge in [0.25, 0.3) is 0 Å². The van der Waals surface area contributed by atoms with Crippen LogP contribution in [0.25, 0.3) is 0 Å². The van der Waals surface area contributed by atoms with Crippen molar-refractivity contribution in [1.82, 2.24) is 10.2 Å². The smallest absolute Gasteiger partial charge is 0.325 e. The Morgan fingerprint density at radius 1 is 1.26 bits per heavy atom. The highest BCUT2D eigenvalue weighted by Gasteiger charge is 2.33. The average molecular weight is 318 g/mol. The fraction of sp³-hybridized carbons (Fsp3) is 0.471. The molecule has 124 valence electrons. The van der Waals surface area contributed by atoms with Crippen LogP contribution in [0.15, 0.2) is 30.3 Å². The summed E-state index contributed by atoms with van der Waals surface area (Å²) < 4.78 is 4.77. The number of rotatable bonds is 6. The molecule has 1 aromatic rings. The van der Waals surface area contributed by atoms with Crippen LogP contribution in [0.4, 0.5) is 0 Å². The summed E-state index contributed by atoms with van der Waals surface area (Å²) in [7, 11) is 0. The molecule has 1 atom stereocenters. The van der Waals surface area contributed by atoms with E-state index in [1.165, 1.54) is 0 Å². The number of carbonyl (C=O) groups excluding carboxylic acids is 3. The predicted molar refractivity (Wildman–Crippen MR) is 84.5 cm³/mol. The Balaban J connectivity index is 1.90. The Morgan fingerprint density at radius 3 is 2.70 bits per heavy atom. The monoisotopic (exact) mass is 318 g/mol. The Morgan fingerprint density at radius 2 is 2.00 bits per heavy atom. The maximum atomic E-state index is 12.4. The molecule has 2 rings (SSSR count). The number of hydrogen-bond acceptors (Lipinski definition) is 4. The van der Waals surface area contributed by atoms with Crippen molar-refractivity contribution in [3.8, 4) is 0 Å². The largest absolute Gasteiger partial charge is 0.465 e. The molecule has 23 heavy (non-hydrogen) atoms. The van der Waals surface area contributed by atoms with Gasteiger partial charge in [-0.05, 0) is 25.3 Å². The van der Waals surface area contributed by atoms with E-state index in [9.17, 15) is 14.4 Å². The number of carbonyl (C=O) groups is 3. The first-order valence-corrected chi connectivity index (χ1v) is 7.88. The maximum Gasteiger partial charge on any atom is 0.325 e. The molecule has 1 aliphatic heterocycles. The van der Waals surface area contributed by atoms with Gasteiger partial charge in [-0.2, -0.15) is 0 Å². The second-order valence-corrected chi connectivity index (χ2v) is 5.43. The van der Waals surface area contributed by atoms with Crippen LogP contribution < -0.4 is 5.32 Å². The molecule has 1 aromatic carbocycles. The summed E-state index contributed by atoms with van der Waals surface area (Å²) >= 11 is 0. The second-order valence-electron chi connectivity index (χ2n) is 5.43. The number of nitrogens with zero attached hydrogens (tertiary/aromatic N) is 1. The average Bonchev–Trinajstić information content (AvgIpc) is 3.03. The minimum atomic E-state index is -0.499. The van der Waals surface area contributed by atoms with E-state index in [0.717, 1.165) is 12.0 Å². The molecule has 0 aliphatic carbocycles. The van der Waals surface area contributed by atoms with Gasteiger partial charge in [-0.1, -0.05) is 30.3 Å². The summed E-state index contributed by atoms with van der Waals surface area (Å²) in [6.07, 6.45) is 1.69. The molecule has 1 saturated heterocycles. The van der Waals surface area contributed by atoms with Crippen molar-refractivity contribution >= 4 is 17.8 Å². The molecule has 1 fully saturated rings. The maximum absolute atomic E-state index is 12.4. The van der Waals surface area contributed by atoms with E-state index in [-0.39, 0.29) is 31.4 Å². The van der Waals surface area contributed by atoms with Gasteiger partial charge < -0.3 is 15.0 Å². The molecule has 1 N–H and O–H groups in total. The summed E-state index contributed by atoms with van der Waals surface area (Å²) in [6, 6.07) is 8.95. The van der Waals surface area contributed by atoms with Crippen molar-refractivity contribution in [2.75, 3.05) is 19.7 Å². The number of ether oxygens (including phenoxy) is 1. The summed E-state index contributed by atoms with van der Waals surface area (Å²) in [5.74, 6) is -0.831. The molecule has 1 aliphatic rings. The van der Waals surface area contributed by atoms with Gasteiger partial charge in [-0.15, -0.1) is 0 Å². The van der Waals surface area contributed by atoms with Crippen molar-refractivity contribution in [2.24, 2.45) is 0 Å². The summed E-state index contributed by atoms with van der Waals surface area (Å²) in [5.41, 5.74) is 0.926. The molecule has 2 amide bonds. The second kappa shape index (κ2) is 8.31. The third-order valence-corrected chi connectivity index (χ3v) is 3.79. The van der Waals surface area contributed by atoms with Crippen LogP contribution >= 0.6 is 0 Å². The Bertz CT molecular complexity index is 559. The van der Waals surface area contributed by atoms with Crippen molar-refractivity contribution in [1.29, 1.82) is 0 Å². The van der Waals surface area contributed by atoms with Crippen molar-refractivity contribution < 1.29 is 19.1 Å². The highest BCUT2D eigenvalue weighted by atomic mass is 16.5. The lowest BCUT2D eigenvalue weighted by Crippen LogP contribution is -2.47. The highest BCUT2D eigenvalue weighted by Crippen LogP contribution is 2.19. The Kier molecular flexibility index (Phi) is 6.14. The first-order chi connectivity index (χ1) is 11.1. The van der Waals surface area contributed by atoms with Crippen molar-refractivity contribution in [3.05, 3.63) is 35.9 Å². The van der Waals surface area contributed by atoms with Crippen LogP contribution in [0.5, 0.6) is 0 Å². The molecular formula is C17H22N2O4. The molecule has 0 bridgehead atoms. The quantitative estimate of drug-likeness (QED) is 0.791. The highest BCUT2D eigenvalue weighted by molar-refractivity contribution is 5.90. The number of benzene rings is 1. The molecule has 0 saturated carbocycles. The third-order valence-electron chi connectivity index (χ3n) is 3.79. The fourth-order valence-corrected chi connectivity index (χ4v) is 2.70. The lowest BCUT2D eigenvalue weighted by Gasteiger charge is -2.24. The topological polar surface area (TPSA) is 75.7 Å². The van der Waals surface area contributed by atoms with Gasteiger partial charge in [0.2, 0.25) is 11.8 Å². The molecule has 6 heteroatoms. The van der Waals surface area contributed by atoms with Gasteiger partial charge >= 0.3 is 5.97 Å². The Labute approximate surface area is 135 Å². The van der Waals surface area contributed by atoms with Gasteiger partial charge in [0, 0.05) is 6.54 Å². The lowest BCUT2D eigenvalue weighted by atomic mass is 10.1. The number of nitrogens with one attached hydrogen (secondary N) is 1. The molecule has 6 nitrogen and oxygen atoms in total. The van der Waals surface area contributed by atoms with Gasteiger partial charge in [0.05, 0.1) is 13.0 Å². The minimum absolute atomic E-state index is 0.0648. The summed E-state index contributed by atoms with van der Waals surface area (Å²) in [5, 5.41) is 2.55. The van der Waals surface area contributed by atoms with Gasteiger partial charge in [0.1, 0.15) is 12.6 Å². The standard InChI is InChI=1S/C17H22N2O4/c1-2-23-16(21)12-18-17(22)14-9-6-10-19(14)15(20)11-13-7-4-3-5-8-13/h3-5,7-8,14H,2,6,9-12H2,1H3,(H,18,22)/t14-/m1/s1. The first kappa shape index (κ1) is 17.0. The van der Waals surface area contributed by atoms with E-state index in [1.54, 1.807) is 11.8 Å². The zero-order chi connectivity index (χ0) is 16.7. The van der Waals surface area contributed by atoms with E-state index in [1.807, 2.05) is 30.3 Å². The van der Waals surface area contributed by atoms with E-state index in [0.29, 0.717) is 13.0 Å². The van der Waals surface area contributed by atoms with Crippen LogP contribution in [0.1, 0.15) is 25.3 Å². The number of amides is 2. The van der Waals surface area contributed by atoms with E-state index in [2.05, 4.69) is 5.32 Å². The zero-order valence-corrected chi connectivity index (χ0v) is 13.3. The number of esters is 1. The van der Waals surface area contributed by atoms with E-state index in [4.69, 9.17) is 4.74 Å². The third kappa shape index (κ3) is 4.81. The van der Waals surface area contributed by atoms with Gasteiger partial charge in [-0.3, -0.25) is 14.4 Å². The normalized spacial score (nSPS) is 16.9. The van der Waals surface area contributed by atoms with Crippen molar-refractivity contribution in [3.63, 3.8) is 0 Å². The SMILES string of the molecule is CCOC(=O)CNC(=O)[C@H]1CCCN1C(=O)Cc1ccccc1. The van der Waals surface area contributed by atoms with Crippen LogP contribution in [0.3, 0.4) is 0 Å². The van der Waals surface area contributed by atoms with E-state index < -0.39 is 12.0 Å². The van der Waals surface area contributed by atoms with Crippen LogP contribution in [-0.2, 0) is 25.5 Å². The molecule has 0 spiro atoms. The van der Waals surface area contributed by atoms with E-state index >= 15 is 0 Å². The lowest BCUT2D eigenvalue weighted by molar-refractivity contribution is -0.144. The molecule has 0 radical (unpaired) electrons. The summed E-state index contributed by atoms with van der Waals surface area (Å²) in [6.45, 7) is 2.40. The van der Waals surface area contributed by atoms with Crippen molar-refractivity contribution in [2.45, 2.75) is 32.2 Å².